The molecule has 1 fully saturated rings. The maximum absolute atomic E-state index is 11.3. The molecule has 8 atom stereocenters. The molecule has 0 aromatic rings. The minimum absolute atomic E-state index is 0.0950. The molecule has 0 aromatic carbocycles. The summed E-state index contributed by atoms with van der Waals surface area (Å²) in [6, 6.07) is -1.11. The van der Waals surface area contributed by atoms with Gasteiger partial charge in [-0.1, -0.05) is 5.11 Å². The van der Waals surface area contributed by atoms with Gasteiger partial charge in [-0.3, -0.25) is 0 Å². The van der Waals surface area contributed by atoms with Crippen molar-refractivity contribution in [2.45, 2.75) is 49.0 Å². The Bertz CT molecular complexity index is 532. The van der Waals surface area contributed by atoms with Crippen LogP contribution in [-0.2, 0) is 33.2 Å². The van der Waals surface area contributed by atoms with E-state index in [0.29, 0.717) is 0 Å². The maximum Gasteiger partial charge on any atom is 0.335 e. The fourth-order valence-corrected chi connectivity index (χ4v) is 3.01. The van der Waals surface area contributed by atoms with Crippen LogP contribution in [0.4, 0.5) is 0 Å². The quantitative estimate of drug-likeness (QED) is 0.203. The average Bonchev–Trinajstić information content (AvgIpc) is 2.69. The number of methoxy groups -OCH3 is 4. The van der Waals surface area contributed by atoms with Crippen molar-refractivity contribution in [3.63, 3.8) is 0 Å². The van der Waals surface area contributed by atoms with E-state index in [9.17, 15) is 20.1 Å². The Morgan fingerprint density at radius 1 is 1.25 bits per heavy atom. The van der Waals surface area contributed by atoms with Gasteiger partial charge in [0.05, 0.1) is 19.3 Å². The molecule has 1 saturated heterocycles. The summed E-state index contributed by atoms with van der Waals surface area (Å²) in [5, 5.41) is 32.5. The molecule has 3 N–H and O–H groups in total. The lowest BCUT2D eigenvalue weighted by Gasteiger charge is -2.44. The molecule has 13 heteroatoms. The molecule has 0 radical (unpaired) electrons. The molecule has 28 heavy (non-hydrogen) atoms. The molecule has 0 aromatic heterocycles. The minimum atomic E-state index is -2.00. The Labute approximate surface area is 161 Å². The molecular weight excluding hydrogens is 382 g/mol. The Morgan fingerprint density at radius 3 is 2.32 bits per heavy atom. The first-order valence-corrected chi connectivity index (χ1v) is 8.34. The Morgan fingerprint density at radius 2 is 1.89 bits per heavy atom. The Kier molecular flexibility index (Phi) is 10.6. The van der Waals surface area contributed by atoms with Crippen LogP contribution in [0.1, 0.15) is 0 Å². The number of hydrogen-bond donors (Lipinski definition) is 3. The van der Waals surface area contributed by atoms with E-state index >= 15 is 0 Å². The van der Waals surface area contributed by atoms with Crippen molar-refractivity contribution in [3.8, 4) is 0 Å². The zero-order valence-electron chi connectivity index (χ0n) is 16.1. The van der Waals surface area contributed by atoms with Gasteiger partial charge < -0.3 is 43.7 Å². The lowest BCUT2D eigenvalue weighted by molar-refractivity contribution is -0.300. The summed E-state index contributed by atoms with van der Waals surface area (Å²) >= 11 is 0. The van der Waals surface area contributed by atoms with Gasteiger partial charge in [0.15, 0.2) is 12.4 Å². The highest BCUT2D eigenvalue weighted by molar-refractivity contribution is 5.72. The average molecular weight is 409 g/mol. The van der Waals surface area contributed by atoms with Crippen LogP contribution < -0.4 is 0 Å². The monoisotopic (exact) mass is 409 g/mol. The number of carboxylic acid groups (broad SMARTS) is 1. The number of azide groups is 1. The number of hydrogen-bond acceptors (Lipinski definition) is 10. The van der Waals surface area contributed by atoms with Crippen LogP contribution >= 0.6 is 0 Å². The number of aliphatic carboxylic acids is 1. The second kappa shape index (κ2) is 12.1. The van der Waals surface area contributed by atoms with Gasteiger partial charge >= 0.3 is 5.97 Å². The molecule has 0 amide bonds. The Balaban J connectivity index is 3.24. The van der Waals surface area contributed by atoms with Gasteiger partial charge in [-0.15, -0.1) is 0 Å². The number of nitrogens with zero attached hydrogens (tertiary/aromatic N) is 3. The number of carbonyl (C=O) groups is 1. The number of ether oxygens (including phenoxy) is 6. The van der Waals surface area contributed by atoms with Crippen molar-refractivity contribution in [2.24, 2.45) is 5.11 Å². The van der Waals surface area contributed by atoms with Crippen molar-refractivity contribution < 1.29 is 48.5 Å². The normalized spacial score (nSPS) is 30.9. The number of carboxylic acids is 1. The third-order valence-electron chi connectivity index (χ3n) is 4.38. The van der Waals surface area contributed by atoms with Crippen LogP contribution in [0.3, 0.4) is 0 Å². The van der Waals surface area contributed by atoms with Crippen LogP contribution in [-0.4, -0.2) is 112 Å². The summed E-state index contributed by atoms with van der Waals surface area (Å²) < 4.78 is 32.1. The highest BCUT2D eigenvalue weighted by Gasteiger charge is 2.49. The molecule has 1 rings (SSSR count). The molecule has 1 aliphatic rings. The van der Waals surface area contributed by atoms with E-state index in [-0.39, 0.29) is 6.61 Å². The third-order valence-corrected chi connectivity index (χ3v) is 4.38. The van der Waals surface area contributed by atoms with E-state index in [1.165, 1.54) is 28.4 Å². The fourth-order valence-electron chi connectivity index (χ4n) is 3.01. The highest BCUT2D eigenvalue weighted by atomic mass is 16.7. The van der Waals surface area contributed by atoms with E-state index in [0.717, 1.165) is 0 Å². The van der Waals surface area contributed by atoms with Gasteiger partial charge in [-0.25, -0.2) is 4.79 Å². The lowest BCUT2D eigenvalue weighted by Crippen LogP contribution is -2.61. The number of aliphatic hydroxyl groups excluding tert-OH is 2. The van der Waals surface area contributed by atoms with Crippen molar-refractivity contribution in [3.05, 3.63) is 10.4 Å². The van der Waals surface area contributed by atoms with Crippen LogP contribution in [0.2, 0.25) is 0 Å². The Hall–Kier alpha value is -1.54. The maximum atomic E-state index is 11.3. The molecular formula is C15H27N3O10. The first-order chi connectivity index (χ1) is 13.4. The third kappa shape index (κ3) is 5.73. The molecule has 3 unspecified atom stereocenters. The molecule has 0 saturated carbocycles. The molecule has 13 nitrogen and oxygen atoms in total. The van der Waals surface area contributed by atoms with Gasteiger partial charge in [0.2, 0.25) is 0 Å². The summed E-state index contributed by atoms with van der Waals surface area (Å²) in [5.41, 5.74) is 8.92. The lowest BCUT2D eigenvalue weighted by atomic mass is 9.96. The molecule has 1 heterocycles. The first-order valence-electron chi connectivity index (χ1n) is 8.34. The molecule has 1 aliphatic heterocycles. The molecule has 0 spiro atoms. The van der Waals surface area contributed by atoms with E-state index in [1.54, 1.807) is 0 Å². The van der Waals surface area contributed by atoms with Crippen LogP contribution in [0.25, 0.3) is 10.4 Å². The predicted octanol–water partition coefficient (Wildman–Crippen LogP) is -1.10. The van der Waals surface area contributed by atoms with Gasteiger partial charge in [0.25, 0.3) is 0 Å². The zero-order chi connectivity index (χ0) is 21.3. The van der Waals surface area contributed by atoms with Crippen LogP contribution in [0.15, 0.2) is 5.11 Å². The van der Waals surface area contributed by atoms with Crippen LogP contribution in [0, 0.1) is 0 Å². The molecule has 0 aliphatic carbocycles. The van der Waals surface area contributed by atoms with Gasteiger partial charge in [-0.2, -0.15) is 0 Å². The summed E-state index contributed by atoms with van der Waals surface area (Å²) in [6.07, 6.45) is -8.37. The van der Waals surface area contributed by atoms with Gasteiger partial charge in [-0.05, 0) is 5.53 Å². The summed E-state index contributed by atoms with van der Waals surface area (Å²) in [7, 11) is 5.37. The van der Waals surface area contributed by atoms with Crippen molar-refractivity contribution in [1.82, 2.24) is 0 Å². The summed E-state index contributed by atoms with van der Waals surface area (Å²) in [5.74, 6) is -1.56. The zero-order valence-corrected chi connectivity index (χ0v) is 16.1. The SMILES string of the molecule is COC[C@@H](OC)[C@H](O[C@H]1OC(CO)[C@@H](OC)C(OC)[C@@H]1N=[N+]=[N-])C(O)C(=O)O. The highest BCUT2D eigenvalue weighted by Crippen LogP contribution is 2.30. The van der Waals surface area contributed by atoms with Crippen molar-refractivity contribution in [2.75, 3.05) is 41.7 Å². The van der Waals surface area contributed by atoms with Crippen LogP contribution in [0.5, 0.6) is 0 Å². The first kappa shape index (κ1) is 24.5. The van der Waals surface area contributed by atoms with E-state index in [2.05, 4.69) is 10.0 Å². The smallest absolute Gasteiger partial charge is 0.335 e. The van der Waals surface area contributed by atoms with E-state index in [1.807, 2.05) is 0 Å². The second-order valence-electron chi connectivity index (χ2n) is 5.93. The second-order valence-corrected chi connectivity index (χ2v) is 5.93. The van der Waals surface area contributed by atoms with E-state index in [4.69, 9.17) is 34.0 Å². The standard InChI is InChI=1S/C15H27N3O10/c1-23-6-8(24-2)11(10(20)14(21)22)28-15-9(17-18-16)13(26-4)12(25-3)7(5-19)27-15/h7-13,15,19-20H,5-6H2,1-4H3,(H,21,22)/t7?,8-,9+,10?,11+,12-,13?,15-/m1/s1. The fraction of sp³-hybridized carbons (Fsp3) is 0.933. The van der Waals surface area contributed by atoms with Crippen molar-refractivity contribution >= 4 is 5.97 Å². The number of aliphatic hydroxyl groups is 2. The van der Waals surface area contributed by atoms with Gasteiger partial charge in [0.1, 0.15) is 30.5 Å². The van der Waals surface area contributed by atoms with Gasteiger partial charge in [0, 0.05) is 33.4 Å². The predicted molar refractivity (Wildman–Crippen MR) is 91.5 cm³/mol. The molecule has 162 valence electrons. The summed E-state index contributed by atoms with van der Waals surface area (Å²) in [6.45, 7) is -0.568. The number of rotatable bonds is 12. The van der Waals surface area contributed by atoms with E-state index < -0.39 is 61.5 Å². The topological polar surface area (TPSA) is 182 Å². The largest absolute Gasteiger partial charge is 0.479 e. The minimum Gasteiger partial charge on any atom is -0.479 e. The molecule has 0 bridgehead atoms. The summed E-state index contributed by atoms with van der Waals surface area (Å²) in [4.78, 5) is 14.1. The van der Waals surface area contributed by atoms with Crippen molar-refractivity contribution in [1.29, 1.82) is 0 Å².